The van der Waals surface area contributed by atoms with Crippen molar-refractivity contribution in [3.63, 3.8) is 0 Å². The van der Waals surface area contributed by atoms with Crippen molar-refractivity contribution in [2.24, 2.45) is 0 Å². The summed E-state index contributed by atoms with van der Waals surface area (Å²) in [5, 5.41) is 6.01. The lowest BCUT2D eigenvalue weighted by Gasteiger charge is -2.34. The zero-order valence-corrected chi connectivity index (χ0v) is 17.6. The van der Waals surface area contributed by atoms with Gasteiger partial charge in [-0.25, -0.2) is 4.98 Å². The predicted octanol–water partition coefficient (Wildman–Crippen LogP) is 2.33. The molecule has 1 aromatic carbocycles. The van der Waals surface area contributed by atoms with Crippen LogP contribution in [0.25, 0.3) is 11.3 Å². The average molecular weight is 401 g/mol. The molecule has 28 heavy (non-hydrogen) atoms. The lowest BCUT2D eigenvalue weighted by Crippen LogP contribution is -2.51. The number of piperazine rings is 1. The zero-order chi connectivity index (χ0) is 20.1. The number of hydrogen-bond acceptors (Lipinski definition) is 5. The molecule has 0 spiro atoms. The highest BCUT2D eigenvalue weighted by Crippen LogP contribution is 2.22. The molecule has 7 heteroatoms. The molecule has 3 rings (SSSR count). The van der Waals surface area contributed by atoms with E-state index in [1.165, 1.54) is 0 Å². The molecular formula is C21H28N4O2S. The number of nitrogens with one attached hydrogen (secondary N) is 1. The number of hydrogen-bond donors (Lipinski definition) is 1. The Morgan fingerprint density at radius 2 is 1.82 bits per heavy atom. The van der Waals surface area contributed by atoms with Gasteiger partial charge in [-0.05, 0) is 26.3 Å². The van der Waals surface area contributed by atoms with E-state index in [0.29, 0.717) is 26.1 Å². The van der Waals surface area contributed by atoms with E-state index in [2.05, 4.69) is 20.6 Å². The molecule has 2 amide bonds. The summed E-state index contributed by atoms with van der Waals surface area (Å²) < 4.78 is 0. The summed E-state index contributed by atoms with van der Waals surface area (Å²) in [6, 6.07) is 8.23. The third-order valence-corrected chi connectivity index (χ3v) is 5.54. The van der Waals surface area contributed by atoms with Crippen molar-refractivity contribution in [2.75, 3.05) is 32.7 Å². The summed E-state index contributed by atoms with van der Waals surface area (Å²) in [4.78, 5) is 33.0. The molecule has 1 saturated heterocycles. The Morgan fingerprint density at radius 1 is 1.14 bits per heavy atom. The summed E-state index contributed by atoms with van der Waals surface area (Å²) in [5.74, 6) is 0.189. The predicted molar refractivity (Wildman–Crippen MR) is 112 cm³/mol. The van der Waals surface area contributed by atoms with E-state index >= 15 is 0 Å². The van der Waals surface area contributed by atoms with Crippen molar-refractivity contribution < 1.29 is 9.59 Å². The van der Waals surface area contributed by atoms with Crippen LogP contribution in [-0.2, 0) is 16.0 Å². The van der Waals surface area contributed by atoms with Crippen LogP contribution in [0.3, 0.4) is 0 Å². The van der Waals surface area contributed by atoms with Crippen molar-refractivity contribution >= 4 is 23.2 Å². The molecule has 6 nitrogen and oxygen atoms in total. The molecule has 1 aliphatic rings. The molecule has 1 aliphatic heterocycles. The Kier molecular flexibility index (Phi) is 6.80. The lowest BCUT2D eigenvalue weighted by atomic mass is 10.1. The van der Waals surface area contributed by atoms with Crippen molar-refractivity contribution in [3.8, 4) is 11.3 Å². The molecule has 0 unspecified atom stereocenters. The number of rotatable bonds is 6. The van der Waals surface area contributed by atoms with Crippen LogP contribution in [0.2, 0.25) is 0 Å². The molecule has 0 radical (unpaired) electrons. The minimum absolute atomic E-state index is 0.0465. The van der Waals surface area contributed by atoms with Crippen LogP contribution in [0, 0.1) is 6.92 Å². The first-order chi connectivity index (χ1) is 13.4. The highest BCUT2D eigenvalue weighted by molar-refractivity contribution is 7.09. The number of carbonyl (C=O) groups is 2. The van der Waals surface area contributed by atoms with Gasteiger partial charge in [0, 0.05) is 43.2 Å². The molecular weight excluding hydrogens is 372 g/mol. The monoisotopic (exact) mass is 400 g/mol. The second-order valence-corrected chi connectivity index (χ2v) is 8.57. The van der Waals surface area contributed by atoms with Crippen molar-refractivity contribution in [1.82, 2.24) is 20.1 Å². The zero-order valence-electron chi connectivity index (χ0n) is 16.8. The molecule has 0 saturated carbocycles. The summed E-state index contributed by atoms with van der Waals surface area (Å²) in [7, 11) is 0. The molecule has 0 atom stereocenters. The Bertz CT molecular complexity index is 808. The summed E-state index contributed by atoms with van der Waals surface area (Å²) in [5.41, 5.74) is 3.08. The third-order valence-electron chi connectivity index (χ3n) is 4.77. The Labute approximate surface area is 170 Å². The highest BCUT2D eigenvalue weighted by atomic mass is 32.1. The molecule has 1 fully saturated rings. The molecule has 150 valence electrons. The molecule has 2 aromatic rings. The molecule has 1 N–H and O–H groups in total. The fraction of sp³-hybridized carbons (Fsp3) is 0.476. The van der Waals surface area contributed by atoms with E-state index in [9.17, 15) is 9.59 Å². The maximum atomic E-state index is 12.6. The van der Waals surface area contributed by atoms with Crippen LogP contribution >= 0.6 is 11.3 Å². The van der Waals surface area contributed by atoms with E-state index in [1.807, 2.05) is 49.9 Å². The Balaban J connectivity index is 1.47. The van der Waals surface area contributed by atoms with E-state index in [4.69, 9.17) is 0 Å². The second-order valence-electron chi connectivity index (χ2n) is 7.50. The van der Waals surface area contributed by atoms with Gasteiger partial charge in [0.05, 0.1) is 23.7 Å². The number of nitrogens with zero attached hydrogens (tertiary/aromatic N) is 3. The largest absolute Gasteiger partial charge is 0.353 e. The van der Waals surface area contributed by atoms with E-state index < -0.39 is 0 Å². The van der Waals surface area contributed by atoms with Crippen LogP contribution in [-0.4, -0.2) is 65.4 Å². The first kappa shape index (κ1) is 20.5. The average Bonchev–Trinajstić information content (AvgIpc) is 3.08. The normalized spacial score (nSPS) is 15.1. The summed E-state index contributed by atoms with van der Waals surface area (Å²) in [6.07, 6.45) is 0.407. The highest BCUT2D eigenvalue weighted by Gasteiger charge is 2.22. The van der Waals surface area contributed by atoms with E-state index in [1.54, 1.807) is 11.3 Å². The van der Waals surface area contributed by atoms with Gasteiger partial charge in [-0.15, -0.1) is 11.3 Å². The van der Waals surface area contributed by atoms with Crippen LogP contribution in [0.5, 0.6) is 0 Å². The summed E-state index contributed by atoms with van der Waals surface area (Å²) >= 11 is 1.64. The quantitative estimate of drug-likeness (QED) is 0.808. The van der Waals surface area contributed by atoms with Crippen LogP contribution in [0.1, 0.15) is 24.4 Å². The number of amides is 2. The molecule has 2 heterocycles. The maximum Gasteiger partial charge on any atom is 0.234 e. The van der Waals surface area contributed by atoms with Gasteiger partial charge in [0.1, 0.15) is 0 Å². The van der Waals surface area contributed by atoms with Gasteiger partial charge >= 0.3 is 0 Å². The number of benzene rings is 1. The first-order valence-electron chi connectivity index (χ1n) is 9.71. The van der Waals surface area contributed by atoms with Gasteiger partial charge < -0.3 is 10.2 Å². The van der Waals surface area contributed by atoms with Gasteiger partial charge in [-0.1, -0.05) is 24.3 Å². The minimum Gasteiger partial charge on any atom is -0.353 e. The van der Waals surface area contributed by atoms with Crippen LogP contribution < -0.4 is 5.32 Å². The van der Waals surface area contributed by atoms with Gasteiger partial charge in [0.15, 0.2) is 0 Å². The van der Waals surface area contributed by atoms with Crippen molar-refractivity contribution in [3.05, 3.63) is 40.2 Å². The fourth-order valence-electron chi connectivity index (χ4n) is 3.30. The van der Waals surface area contributed by atoms with Crippen molar-refractivity contribution in [2.45, 2.75) is 33.2 Å². The standard InChI is InChI=1S/C21H28N4O2S/c1-15(2)22-20(26)13-24-8-10-25(11-9-24)21(27)12-17-4-6-18(7-5-17)19-14-28-16(3)23-19/h4-7,14-15H,8-13H2,1-3H3,(H,22,26). The van der Waals surface area contributed by atoms with Gasteiger partial charge in [-0.3, -0.25) is 14.5 Å². The molecule has 0 bridgehead atoms. The topological polar surface area (TPSA) is 65.5 Å². The molecule has 0 aliphatic carbocycles. The first-order valence-corrected chi connectivity index (χ1v) is 10.6. The Hall–Kier alpha value is -2.25. The van der Waals surface area contributed by atoms with Crippen molar-refractivity contribution in [1.29, 1.82) is 0 Å². The minimum atomic E-state index is 0.0465. The van der Waals surface area contributed by atoms with E-state index in [0.717, 1.165) is 34.9 Å². The lowest BCUT2D eigenvalue weighted by molar-refractivity contribution is -0.132. The number of aromatic nitrogens is 1. The smallest absolute Gasteiger partial charge is 0.234 e. The summed E-state index contributed by atoms with van der Waals surface area (Å²) in [6.45, 7) is 9.13. The Morgan fingerprint density at radius 3 is 2.39 bits per heavy atom. The van der Waals surface area contributed by atoms with Crippen LogP contribution in [0.15, 0.2) is 29.6 Å². The van der Waals surface area contributed by atoms with Gasteiger partial charge in [0.2, 0.25) is 11.8 Å². The molecule has 1 aromatic heterocycles. The number of carbonyl (C=O) groups excluding carboxylic acids is 2. The van der Waals surface area contributed by atoms with Gasteiger partial charge in [0.25, 0.3) is 0 Å². The second kappa shape index (κ2) is 9.30. The fourth-order valence-corrected chi connectivity index (χ4v) is 3.92. The number of thiazole rings is 1. The SMILES string of the molecule is Cc1nc(-c2ccc(CC(=O)N3CCN(CC(=O)NC(C)C)CC3)cc2)cs1. The van der Waals surface area contributed by atoms with E-state index in [-0.39, 0.29) is 17.9 Å². The number of aryl methyl sites for hydroxylation is 1. The van der Waals surface area contributed by atoms with Crippen LogP contribution in [0.4, 0.5) is 0 Å². The van der Waals surface area contributed by atoms with Gasteiger partial charge in [-0.2, -0.15) is 0 Å². The maximum absolute atomic E-state index is 12.6. The third kappa shape index (κ3) is 5.62.